The third-order valence-corrected chi connectivity index (χ3v) is 6.13. The van der Waals surface area contributed by atoms with Gasteiger partial charge < -0.3 is 22.1 Å². The van der Waals surface area contributed by atoms with E-state index in [1.165, 1.54) is 19.3 Å². The van der Waals surface area contributed by atoms with Crippen LogP contribution >= 0.6 is 0 Å². The first-order chi connectivity index (χ1) is 13.7. The molecule has 1 unspecified atom stereocenters. The van der Waals surface area contributed by atoms with Gasteiger partial charge in [-0.05, 0) is 42.9 Å². The Morgan fingerprint density at radius 2 is 2.03 bits per heavy atom. The summed E-state index contributed by atoms with van der Waals surface area (Å²) in [7, 11) is 0. The molecular weight excluding hydrogens is 439 g/mol. The van der Waals surface area contributed by atoms with E-state index in [2.05, 4.69) is 24.4 Å². The van der Waals surface area contributed by atoms with Crippen LogP contribution in [0.5, 0.6) is 5.75 Å². The van der Waals surface area contributed by atoms with E-state index in [0.717, 1.165) is 43.4 Å². The van der Waals surface area contributed by atoms with Crippen LogP contribution in [0.3, 0.4) is 0 Å². The number of aliphatic hydroxyl groups excluding tert-OH is 1. The molecule has 29 heavy (non-hydrogen) atoms. The van der Waals surface area contributed by atoms with Crippen molar-refractivity contribution >= 4 is 5.91 Å². The van der Waals surface area contributed by atoms with Gasteiger partial charge in [0.1, 0.15) is 5.75 Å². The van der Waals surface area contributed by atoms with E-state index in [1.54, 1.807) is 0 Å². The molecule has 1 aliphatic heterocycles. The van der Waals surface area contributed by atoms with E-state index >= 15 is 0 Å². The van der Waals surface area contributed by atoms with Crippen LogP contribution in [0.4, 0.5) is 0 Å². The average Bonchev–Trinajstić information content (AvgIpc) is 3.09. The Labute approximate surface area is 200 Å². The van der Waals surface area contributed by atoms with Crippen molar-refractivity contribution in [2.45, 2.75) is 57.5 Å². The fraction of sp³-hybridized carbons (Fsp3) is 0.583. The zero-order valence-corrected chi connectivity index (χ0v) is 20.2. The van der Waals surface area contributed by atoms with Crippen LogP contribution < -0.4 is 10.1 Å². The summed E-state index contributed by atoms with van der Waals surface area (Å²) >= 11 is 0. The Bertz CT molecular complexity index is 657. The molecule has 1 amide bonds. The van der Waals surface area contributed by atoms with Gasteiger partial charge in [0.25, 0.3) is 0 Å². The van der Waals surface area contributed by atoms with Crippen molar-refractivity contribution in [3.63, 3.8) is 0 Å². The topological polar surface area (TPSA) is 58.6 Å². The number of hydrogen-bond acceptors (Lipinski definition) is 3. The van der Waals surface area contributed by atoms with Gasteiger partial charge in [0.2, 0.25) is 5.91 Å². The Hall–Kier alpha value is -0.706. The summed E-state index contributed by atoms with van der Waals surface area (Å²) in [4.78, 5) is 12.1. The first-order valence-electron chi connectivity index (χ1n) is 10.8. The molecule has 1 aliphatic carbocycles. The number of unbranched alkanes of at least 4 members (excludes halogenated alkanes) is 1. The van der Waals surface area contributed by atoms with Crippen LogP contribution in [0.25, 0.3) is 0 Å². The Morgan fingerprint density at radius 1 is 1.24 bits per heavy atom. The monoisotopic (exact) mass is 473 g/mol. The van der Waals surface area contributed by atoms with Crippen molar-refractivity contribution in [2.24, 2.45) is 17.8 Å². The maximum absolute atomic E-state index is 12.1. The molecule has 1 radical (unpaired) electrons. The molecule has 157 valence electrons. The molecule has 4 nitrogen and oxygen atoms in total. The summed E-state index contributed by atoms with van der Waals surface area (Å²) in [6, 6.07) is 7.84. The Balaban J connectivity index is 0.00000300. The maximum Gasteiger partial charge on any atom is 0.223 e. The number of hydrogen-bond donors (Lipinski definition) is 2. The number of rotatable bonds is 9. The summed E-state index contributed by atoms with van der Waals surface area (Å²) < 4.78 is 6.04. The van der Waals surface area contributed by atoms with Crippen molar-refractivity contribution in [2.75, 3.05) is 13.2 Å². The number of amides is 1. The van der Waals surface area contributed by atoms with Crippen LogP contribution in [0.15, 0.2) is 36.4 Å². The fourth-order valence-corrected chi connectivity index (χ4v) is 4.39. The quantitative estimate of drug-likeness (QED) is 0.407. The number of aliphatic hydroxyl groups is 1. The first-order valence-corrected chi connectivity index (χ1v) is 10.8. The summed E-state index contributed by atoms with van der Waals surface area (Å²) in [5, 5.41) is 13.7. The second-order valence-electron chi connectivity index (χ2n) is 8.19. The summed E-state index contributed by atoms with van der Waals surface area (Å²) in [6.07, 6.45) is 12.3. The Morgan fingerprint density at radius 3 is 2.79 bits per heavy atom. The van der Waals surface area contributed by atoms with Gasteiger partial charge >= 0.3 is 0 Å². The fourth-order valence-electron chi connectivity index (χ4n) is 4.39. The van der Waals surface area contributed by atoms with E-state index in [9.17, 15) is 9.90 Å². The van der Waals surface area contributed by atoms with Crippen LogP contribution in [0, 0.1) is 24.7 Å². The second kappa shape index (κ2) is 12.9. The summed E-state index contributed by atoms with van der Waals surface area (Å²) in [5.41, 5.74) is 0.942. The zero-order valence-electron chi connectivity index (χ0n) is 17.4. The number of nitrogens with one attached hydrogen (secondary N) is 1. The van der Waals surface area contributed by atoms with Crippen LogP contribution in [-0.4, -0.2) is 24.2 Å². The van der Waals surface area contributed by atoms with Gasteiger partial charge in [0, 0.05) is 51.1 Å². The molecule has 3 atom stereocenters. The summed E-state index contributed by atoms with van der Waals surface area (Å²) in [5.74, 6) is 1.39. The van der Waals surface area contributed by atoms with Gasteiger partial charge in [-0.3, -0.25) is 4.79 Å². The molecule has 1 aromatic carbocycles. The number of benzene rings is 1. The molecular formula is C24H34NO3Y-. The van der Waals surface area contributed by atoms with E-state index < -0.39 is 6.10 Å². The standard InChI is InChI=1S/C24H34NO3.Y/c1-2-3-4-8-14-22-20(16-25-24(22)27)17-28-21-13-9-12-19(15-21)23(26)18-10-6-5-7-11-18;/h4,8-9,12-13,15,18,20,22-23,26H,1-3,5-7,10-11,14,16-17H2,(H,25,27);/q-1;/b8-4-;/t20-,22-,23?;/m1./s1. The molecule has 5 heteroatoms. The van der Waals surface area contributed by atoms with Crippen LogP contribution in [0.1, 0.15) is 63.0 Å². The predicted molar refractivity (Wildman–Crippen MR) is 112 cm³/mol. The third kappa shape index (κ3) is 7.19. The number of allylic oxidation sites excluding steroid dienone is 2. The van der Waals surface area contributed by atoms with Crippen LogP contribution in [-0.2, 0) is 37.5 Å². The SMILES string of the molecule is [CH2-]CC/C=C\C[C@H]1C(=O)NC[C@@H]1COc1cccc(C(O)C2CCCCC2)c1.[Y]. The predicted octanol–water partition coefficient (Wildman–Crippen LogP) is 4.60. The molecule has 0 aromatic heterocycles. The van der Waals surface area contributed by atoms with E-state index in [4.69, 9.17) is 4.74 Å². The normalized spacial score (nSPS) is 23.6. The van der Waals surface area contributed by atoms with Crippen molar-refractivity contribution < 1.29 is 47.3 Å². The van der Waals surface area contributed by atoms with E-state index in [0.29, 0.717) is 19.1 Å². The number of ether oxygens (including phenoxy) is 1. The smallest absolute Gasteiger partial charge is 0.223 e. The molecule has 2 fully saturated rings. The van der Waals surface area contributed by atoms with Crippen molar-refractivity contribution in [3.05, 3.63) is 48.9 Å². The van der Waals surface area contributed by atoms with Gasteiger partial charge in [-0.25, -0.2) is 0 Å². The molecule has 0 spiro atoms. The molecule has 1 saturated heterocycles. The second-order valence-corrected chi connectivity index (χ2v) is 8.19. The minimum absolute atomic E-state index is 0. The minimum Gasteiger partial charge on any atom is -0.493 e. The molecule has 1 saturated carbocycles. The minimum atomic E-state index is -0.412. The summed E-state index contributed by atoms with van der Waals surface area (Å²) in [6.45, 7) is 5.00. The van der Waals surface area contributed by atoms with Gasteiger partial charge in [0.15, 0.2) is 0 Å². The van der Waals surface area contributed by atoms with Crippen molar-refractivity contribution in [3.8, 4) is 5.75 Å². The van der Waals surface area contributed by atoms with Gasteiger partial charge in [-0.1, -0.05) is 50.0 Å². The third-order valence-electron chi connectivity index (χ3n) is 6.13. The van der Waals surface area contributed by atoms with Crippen molar-refractivity contribution in [1.29, 1.82) is 0 Å². The van der Waals surface area contributed by atoms with Crippen LogP contribution in [0.2, 0.25) is 0 Å². The molecule has 1 heterocycles. The molecule has 1 aromatic rings. The maximum atomic E-state index is 12.1. The first kappa shape index (κ1) is 24.6. The average molecular weight is 473 g/mol. The van der Waals surface area contributed by atoms with E-state index in [-0.39, 0.29) is 50.5 Å². The van der Waals surface area contributed by atoms with Gasteiger partial charge in [-0.15, -0.1) is 0 Å². The number of carbonyl (C=O) groups is 1. The molecule has 0 bridgehead atoms. The van der Waals surface area contributed by atoms with Gasteiger partial charge in [0.05, 0.1) is 12.7 Å². The van der Waals surface area contributed by atoms with Gasteiger partial charge in [-0.2, -0.15) is 6.42 Å². The Kier molecular flexibility index (Phi) is 10.9. The largest absolute Gasteiger partial charge is 0.493 e. The number of carbonyl (C=O) groups excluding carboxylic acids is 1. The van der Waals surface area contributed by atoms with E-state index in [1.807, 2.05) is 24.3 Å². The van der Waals surface area contributed by atoms with Crippen molar-refractivity contribution in [1.82, 2.24) is 5.32 Å². The molecule has 2 aliphatic rings. The molecule has 3 rings (SSSR count). The zero-order chi connectivity index (χ0) is 19.8. The molecule has 2 N–H and O–H groups in total.